The van der Waals surface area contributed by atoms with Crippen LogP contribution in [-0.4, -0.2) is 44.9 Å². The molecule has 0 N–H and O–H groups in total. The summed E-state index contributed by atoms with van der Waals surface area (Å²) in [6.45, 7) is 1.38. The van der Waals surface area contributed by atoms with E-state index in [1.54, 1.807) is 46.8 Å². The van der Waals surface area contributed by atoms with Crippen molar-refractivity contribution in [1.29, 1.82) is 0 Å². The second-order valence-corrected chi connectivity index (χ2v) is 9.88. The van der Waals surface area contributed by atoms with E-state index < -0.39 is 10.0 Å². The maximum absolute atomic E-state index is 13.3. The van der Waals surface area contributed by atoms with Gasteiger partial charge in [0, 0.05) is 44.5 Å². The second kappa shape index (κ2) is 7.58. The van der Waals surface area contributed by atoms with Crippen molar-refractivity contribution in [2.75, 3.05) is 13.1 Å². The number of aromatic nitrogens is 4. The van der Waals surface area contributed by atoms with Crippen LogP contribution in [-0.2, 0) is 23.6 Å². The largest absolute Gasteiger partial charge is 0.330 e. The fourth-order valence-corrected chi connectivity index (χ4v) is 6.05. The normalized spacial score (nSPS) is 16.3. The Kier molecular flexibility index (Phi) is 4.86. The Bertz CT molecular complexity index is 1430. The quantitative estimate of drug-likeness (QED) is 0.489. The molecular weight excluding hydrogens is 414 g/mol. The zero-order chi connectivity index (χ0) is 21.6. The van der Waals surface area contributed by atoms with Crippen molar-refractivity contribution in [3.05, 3.63) is 65.3 Å². The molecule has 31 heavy (non-hydrogen) atoms. The molecule has 0 bridgehead atoms. The molecule has 0 spiro atoms. The van der Waals surface area contributed by atoms with Crippen LogP contribution in [0.15, 0.2) is 64.5 Å². The van der Waals surface area contributed by atoms with E-state index in [9.17, 15) is 13.2 Å². The number of pyridine rings is 2. The number of imidazole rings is 1. The van der Waals surface area contributed by atoms with E-state index in [1.165, 1.54) is 4.31 Å². The van der Waals surface area contributed by atoms with Crippen LogP contribution in [0, 0.1) is 5.92 Å². The molecule has 0 unspecified atom stereocenters. The summed E-state index contributed by atoms with van der Waals surface area (Å²) in [7, 11) is -1.89. The smallest absolute Gasteiger partial charge is 0.293 e. The SMILES string of the molecule is Cn1c(=O)n(CC2CCN(S(=O)(=O)c3cccc4cccnc34)CC2)c2ncccc21. The third kappa shape index (κ3) is 3.34. The third-order valence-corrected chi connectivity index (χ3v) is 8.06. The molecule has 4 aromatic rings. The summed E-state index contributed by atoms with van der Waals surface area (Å²) < 4.78 is 31.5. The van der Waals surface area contributed by atoms with Crippen LogP contribution in [0.4, 0.5) is 0 Å². The first kappa shape index (κ1) is 19.9. The Hall–Kier alpha value is -3.04. The molecule has 3 aromatic heterocycles. The molecule has 1 saturated heterocycles. The first-order valence-electron chi connectivity index (χ1n) is 10.3. The molecule has 1 aliphatic rings. The van der Waals surface area contributed by atoms with Gasteiger partial charge in [-0.25, -0.2) is 18.2 Å². The third-order valence-electron chi connectivity index (χ3n) is 6.13. The van der Waals surface area contributed by atoms with Gasteiger partial charge in [0.05, 0.1) is 11.0 Å². The Morgan fingerprint density at radius 2 is 1.71 bits per heavy atom. The number of aryl methyl sites for hydroxylation is 1. The summed E-state index contributed by atoms with van der Waals surface area (Å²) in [5.41, 5.74) is 1.88. The summed E-state index contributed by atoms with van der Waals surface area (Å²) in [5, 5.41) is 0.807. The lowest BCUT2D eigenvalue weighted by Crippen LogP contribution is -2.40. The van der Waals surface area contributed by atoms with Crippen molar-refractivity contribution in [3.63, 3.8) is 0 Å². The average molecular weight is 438 g/mol. The minimum absolute atomic E-state index is 0.0921. The molecule has 9 heteroatoms. The summed E-state index contributed by atoms with van der Waals surface area (Å²) in [5.74, 6) is 0.211. The highest BCUT2D eigenvalue weighted by Crippen LogP contribution is 2.28. The number of benzene rings is 1. The number of hydrogen-bond donors (Lipinski definition) is 0. The van der Waals surface area contributed by atoms with Gasteiger partial charge in [-0.1, -0.05) is 18.2 Å². The first-order valence-corrected chi connectivity index (χ1v) is 11.7. The fourth-order valence-electron chi connectivity index (χ4n) is 4.41. The minimum Gasteiger partial charge on any atom is -0.293 e. The van der Waals surface area contributed by atoms with Gasteiger partial charge < -0.3 is 0 Å². The predicted molar refractivity (Wildman–Crippen MR) is 118 cm³/mol. The van der Waals surface area contributed by atoms with Crippen LogP contribution in [0.2, 0.25) is 0 Å². The molecule has 0 amide bonds. The molecule has 0 saturated carbocycles. The number of fused-ring (bicyclic) bond motifs is 2. The van der Waals surface area contributed by atoms with E-state index in [2.05, 4.69) is 9.97 Å². The van der Waals surface area contributed by atoms with Gasteiger partial charge in [0.2, 0.25) is 10.0 Å². The van der Waals surface area contributed by atoms with Gasteiger partial charge in [-0.15, -0.1) is 0 Å². The summed E-state index contributed by atoms with van der Waals surface area (Å²) >= 11 is 0. The monoisotopic (exact) mass is 437 g/mol. The number of nitrogens with zero attached hydrogens (tertiary/aromatic N) is 5. The summed E-state index contributed by atoms with van der Waals surface area (Å²) in [6.07, 6.45) is 4.68. The van der Waals surface area contributed by atoms with E-state index in [1.807, 2.05) is 24.3 Å². The topological polar surface area (TPSA) is 90.1 Å². The average Bonchev–Trinajstić information content (AvgIpc) is 3.04. The molecule has 1 aliphatic heterocycles. The second-order valence-electron chi connectivity index (χ2n) is 7.98. The van der Waals surface area contributed by atoms with Crippen LogP contribution in [0.3, 0.4) is 0 Å². The van der Waals surface area contributed by atoms with E-state index in [4.69, 9.17) is 0 Å². The lowest BCUT2D eigenvalue weighted by atomic mass is 9.98. The van der Waals surface area contributed by atoms with Crippen molar-refractivity contribution in [2.24, 2.45) is 13.0 Å². The number of para-hydroxylation sites is 1. The Morgan fingerprint density at radius 3 is 2.52 bits per heavy atom. The minimum atomic E-state index is -3.64. The lowest BCUT2D eigenvalue weighted by Gasteiger charge is -2.31. The van der Waals surface area contributed by atoms with Gasteiger partial charge in [-0.2, -0.15) is 4.31 Å². The van der Waals surface area contributed by atoms with E-state index >= 15 is 0 Å². The molecular formula is C22H23N5O3S. The van der Waals surface area contributed by atoms with Gasteiger partial charge in [-0.05, 0) is 43.0 Å². The van der Waals surface area contributed by atoms with Crippen molar-refractivity contribution >= 4 is 32.1 Å². The molecule has 4 heterocycles. The molecule has 0 aliphatic carbocycles. The number of hydrogen-bond acceptors (Lipinski definition) is 5. The highest BCUT2D eigenvalue weighted by Gasteiger charge is 2.31. The molecule has 8 nitrogen and oxygen atoms in total. The molecule has 1 fully saturated rings. The maximum Gasteiger partial charge on any atom is 0.330 e. The highest BCUT2D eigenvalue weighted by atomic mass is 32.2. The molecule has 0 atom stereocenters. The van der Waals surface area contributed by atoms with E-state index in [-0.39, 0.29) is 16.5 Å². The van der Waals surface area contributed by atoms with Gasteiger partial charge in [0.25, 0.3) is 0 Å². The first-order chi connectivity index (χ1) is 15.0. The Labute approximate surface area is 179 Å². The lowest BCUT2D eigenvalue weighted by molar-refractivity contribution is 0.252. The van der Waals surface area contributed by atoms with E-state index in [0.717, 1.165) is 10.9 Å². The Morgan fingerprint density at radius 1 is 1.00 bits per heavy atom. The van der Waals surface area contributed by atoms with Crippen LogP contribution in [0.25, 0.3) is 22.1 Å². The van der Waals surface area contributed by atoms with Crippen molar-refractivity contribution in [1.82, 2.24) is 23.4 Å². The maximum atomic E-state index is 13.3. The molecule has 0 radical (unpaired) electrons. The van der Waals surface area contributed by atoms with Crippen molar-refractivity contribution in [2.45, 2.75) is 24.3 Å². The molecule has 160 valence electrons. The van der Waals surface area contributed by atoms with E-state index in [0.29, 0.717) is 43.6 Å². The van der Waals surface area contributed by atoms with Crippen LogP contribution < -0.4 is 5.69 Å². The predicted octanol–water partition coefficient (Wildman–Crippen LogP) is 2.38. The molecule has 5 rings (SSSR count). The Balaban J connectivity index is 1.36. The molecule has 1 aromatic carbocycles. The van der Waals surface area contributed by atoms with Crippen LogP contribution >= 0.6 is 0 Å². The summed E-state index contributed by atoms with van der Waals surface area (Å²) in [6, 6.07) is 12.6. The van der Waals surface area contributed by atoms with Crippen molar-refractivity contribution < 1.29 is 8.42 Å². The number of rotatable bonds is 4. The van der Waals surface area contributed by atoms with Crippen molar-refractivity contribution in [3.8, 4) is 0 Å². The van der Waals surface area contributed by atoms with Gasteiger partial charge in [-0.3, -0.25) is 14.1 Å². The van der Waals surface area contributed by atoms with Gasteiger partial charge >= 0.3 is 5.69 Å². The fraction of sp³-hybridized carbons (Fsp3) is 0.318. The van der Waals surface area contributed by atoms with Crippen LogP contribution in [0.5, 0.6) is 0 Å². The van der Waals surface area contributed by atoms with Crippen LogP contribution in [0.1, 0.15) is 12.8 Å². The summed E-state index contributed by atoms with van der Waals surface area (Å²) in [4.78, 5) is 21.6. The highest BCUT2D eigenvalue weighted by molar-refractivity contribution is 7.89. The van der Waals surface area contributed by atoms with Gasteiger partial charge in [0.1, 0.15) is 4.90 Å². The standard InChI is InChI=1S/C22H23N5O3S/c1-25-18-7-4-12-24-21(18)27(22(25)28)15-16-9-13-26(14-10-16)31(29,30)19-8-2-5-17-6-3-11-23-20(17)19/h2-8,11-12,16H,9-10,13-15H2,1H3. The zero-order valence-corrected chi connectivity index (χ0v) is 18.0. The van der Waals surface area contributed by atoms with Gasteiger partial charge in [0.15, 0.2) is 5.65 Å². The zero-order valence-electron chi connectivity index (χ0n) is 17.2. The number of piperidine rings is 1. The number of sulfonamides is 1.